The molecule has 2 heterocycles. The summed E-state index contributed by atoms with van der Waals surface area (Å²) < 4.78 is 23.5. The number of anilines is 1. The van der Waals surface area contributed by atoms with E-state index >= 15 is 0 Å². The van der Waals surface area contributed by atoms with Crippen LogP contribution in [0.5, 0.6) is 5.88 Å². The van der Waals surface area contributed by atoms with Gasteiger partial charge in [-0.3, -0.25) is 5.32 Å². The Morgan fingerprint density at radius 3 is 2.71 bits per heavy atom. The van der Waals surface area contributed by atoms with Crippen LogP contribution in [0.25, 0.3) is 0 Å². The Balaban J connectivity index is 1.47. The van der Waals surface area contributed by atoms with E-state index in [2.05, 4.69) is 31.9 Å². The van der Waals surface area contributed by atoms with E-state index in [0.29, 0.717) is 17.1 Å². The molecule has 186 valence electrons. The number of rotatable bonds is 10. The third-order valence-corrected chi connectivity index (χ3v) is 6.73. The Bertz CT molecular complexity index is 1010. The summed E-state index contributed by atoms with van der Waals surface area (Å²) in [7, 11) is 2.12. The van der Waals surface area contributed by atoms with Gasteiger partial charge in [0.25, 0.3) is 0 Å². The van der Waals surface area contributed by atoms with Crippen molar-refractivity contribution in [2.45, 2.75) is 26.4 Å². The number of aromatic nitrogens is 1. The fourth-order valence-electron chi connectivity index (χ4n) is 3.47. The van der Waals surface area contributed by atoms with Crippen molar-refractivity contribution in [3.63, 3.8) is 0 Å². The van der Waals surface area contributed by atoms with Crippen molar-refractivity contribution in [3.05, 3.63) is 39.7 Å². The van der Waals surface area contributed by atoms with Gasteiger partial charge in [0.1, 0.15) is 17.4 Å². The predicted octanol–water partition coefficient (Wildman–Crippen LogP) is 3.67. The first-order valence-electron chi connectivity index (χ1n) is 11.0. The molecule has 1 fully saturated rings. The second-order valence-corrected chi connectivity index (χ2v) is 9.39. The van der Waals surface area contributed by atoms with Gasteiger partial charge in [-0.05, 0) is 62.6 Å². The van der Waals surface area contributed by atoms with Gasteiger partial charge in [-0.2, -0.15) is 4.37 Å². The fraction of sp³-hybridized carbons (Fsp3) is 0.500. The van der Waals surface area contributed by atoms with E-state index in [-0.39, 0.29) is 28.6 Å². The number of urea groups is 1. The normalized spacial score (nSPS) is 14.7. The minimum Gasteiger partial charge on any atom is -0.477 e. The maximum atomic E-state index is 14.1. The third kappa shape index (κ3) is 7.26. The van der Waals surface area contributed by atoms with Gasteiger partial charge in [0.15, 0.2) is 5.56 Å². The van der Waals surface area contributed by atoms with Crippen molar-refractivity contribution >= 4 is 40.1 Å². The van der Waals surface area contributed by atoms with Gasteiger partial charge in [-0.15, -0.1) is 0 Å². The van der Waals surface area contributed by atoms with E-state index in [1.54, 1.807) is 6.92 Å². The molecule has 3 N–H and O–H groups in total. The third-order valence-electron chi connectivity index (χ3n) is 5.58. The van der Waals surface area contributed by atoms with Gasteiger partial charge >= 0.3 is 12.0 Å². The minimum atomic E-state index is -1.31. The average Bonchev–Trinajstić information content (AvgIpc) is 3.19. The van der Waals surface area contributed by atoms with E-state index in [1.807, 2.05) is 0 Å². The van der Waals surface area contributed by atoms with Gasteiger partial charge in [-0.1, -0.05) is 11.6 Å². The molecule has 1 saturated heterocycles. The summed E-state index contributed by atoms with van der Waals surface area (Å²) in [6.07, 6.45) is 1.77. The number of aryl methyl sites for hydroxylation is 1. The molecule has 34 heavy (non-hydrogen) atoms. The summed E-state index contributed by atoms with van der Waals surface area (Å²) >= 11 is 6.81. The molecule has 9 nitrogen and oxygen atoms in total. The average molecular weight is 514 g/mol. The molecule has 0 bridgehead atoms. The first-order chi connectivity index (χ1) is 16.2. The zero-order valence-electron chi connectivity index (χ0n) is 19.2. The van der Waals surface area contributed by atoms with Crippen LogP contribution in [0, 0.1) is 12.7 Å². The van der Waals surface area contributed by atoms with Crippen LogP contribution in [0.1, 0.15) is 34.3 Å². The number of likely N-dealkylation sites (N-methyl/N-ethyl adjacent to an activating group) is 1. The molecule has 1 aliphatic heterocycles. The number of hydrogen-bond acceptors (Lipinski definition) is 7. The molecule has 1 aliphatic rings. The number of nitrogens with zero attached hydrogens (tertiary/aromatic N) is 3. The molecule has 0 unspecified atom stereocenters. The number of carboxylic acids is 1. The Labute approximate surface area is 207 Å². The van der Waals surface area contributed by atoms with Crippen molar-refractivity contribution in [2.75, 3.05) is 51.6 Å². The van der Waals surface area contributed by atoms with Crippen LogP contribution in [0.15, 0.2) is 12.1 Å². The van der Waals surface area contributed by atoms with E-state index in [9.17, 15) is 19.1 Å². The maximum absolute atomic E-state index is 14.1. The lowest BCUT2D eigenvalue weighted by Gasteiger charge is -2.32. The molecular formula is C22H29ClFN5O4S. The summed E-state index contributed by atoms with van der Waals surface area (Å²) in [5.74, 6) is -2.02. The van der Waals surface area contributed by atoms with E-state index < -0.39 is 17.8 Å². The Kier molecular flexibility index (Phi) is 9.45. The Hall–Kier alpha value is -2.47. The maximum Gasteiger partial charge on any atom is 0.344 e. The molecule has 0 spiro atoms. The molecule has 0 radical (unpaired) electrons. The summed E-state index contributed by atoms with van der Waals surface area (Å²) in [5, 5.41) is 15.2. The first-order valence-corrected chi connectivity index (χ1v) is 12.2. The number of carbonyl (C=O) groups is 2. The number of aromatic carboxylic acids is 1. The lowest BCUT2D eigenvalue weighted by Crippen LogP contribution is -2.44. The van der Waals surface area contributed by atoms with Crippen LogP contribution >= 0.6 is 23.1 Å². The van der Waals surface area contributed by atoms with E-state index in [1.165, 1.54) is 12.1 Å². The Morgan fingerprint density at radius 1 is 1.26 bits per heavy atom. The summed E-state index contributed by atoms with van der Waals surface area (Å²) in [4.78, 5) is 28.7. The number of ether oxygens (including phenoxy) is 1. The van der Waals surface area contributed by atoms with Gasteiger partial charge in [0.05, 0.1) is 0 Å². The number of amides is 2. The smallest absolute Gasteiger partial charge is 0.344 e. The van der Waals surface area contributed by atoms with Crippen molar-refractivity contribution in [1.29, 1.82) is 0 Å². The highest BCUT2D eigenvalue weighted by Crippen LogP contribution is 2.31. The van der Waals surface area contributed by atoms with Crippen molar-refractivity contribution < 1.29 is 23.8 Å². The topological polar surface area (TPSA) is 107 Å². The van der Waals surface area contributed by atoms with Crippen molar-refractivity contribution in [2.24, 2.45) is 0 Å². The van der Waals surface area contributed by atoms with Crippen LogP contribution in [0.2, 0.25) is 5.02 Å². The number of carbonyl (C=O) groups excluding carboxylic acids is 1. The number of halogens is 2. The van der Waals surface area contributed by atoms with Gasteiger partial charge in [-0.25, -0.2) is 14.0 Å². The number of carboxylic acid groups (broad SMARTS) is 1. The van der Waals surface area contributed by atoms with Crippen LogP contribution in [0.3, 0.4) is 0 Å². The molecule has 0 saturated carbocycles. The molecule has 3 rings (SSSR count). The molecule has 1 aromatic heterocycles. The molecule has 0 aliphatic carbocycles. The fourth-order valence-corrected chi connectivity index (χ4v) is 4.38. The lowest BCUT2D eigenvalue weighted by molar-refractivity contribution is 0.0693. The largest absolute Gasteiger partial charge is 0.477 e. The quantitative estimate of drug-likeness (QED) is 0.416. The van der Waals surface area contributed by atoms with Crippen molar-refractivity contribution in [1.82, 2.24) is 19.5 Å². The number of unbranched alkanes of at least 4 members (excludes halogenated alkanes) is 1. The first kappa shape index (κ1) is 26.1. The van der Waals surface area contributed by atoms with E-state index in [0.717, 1.165) is 57.1 Å². The van der Waals surface area contributed by atoms with E-state index in [4.69, 9.17) is 16.3 Å². The molecule has 2 amide bonds. The highest BCUT2D eigenvalue weighted by atomic mass is 35.5. The van der Waals surface area contributed by atoms with Gasteiger partial charge in [0.2, 0.25) is 5.88 Å². The molecule has 12 heteroatoms. The highest BCUT2D eigenvalue weighted by Gasteiger charge is 2.24. The standard InChI is InChI=1S/C22H29ClFN5O4S/c1-14-11-17(24)15(12-16(14)23)13-33-19-18(21(30)31)20(34-27-19)26-22(32)25-5-3-4-6-29-9-7-28(2)8-10-29/h11-12H,3-10,13H2,1-2H3,(H,30,31)(H2,25,26,32). The van der Waals surface area contributed by atoms with Gasteiger partial charge < -0.3 is 25.0 Å². The number of hydrogen-bond donors (Lipinski definition) is 3. The second-order valence-electron chi connectivity index (χ2n) is 8.21. The zero-order valence-corrected chi connectivity index (χ0v) is 20.8. The number of nitrogens with one attached hydrogen (secondary N) is 2. The monoisotopic (exact) mass is 513 g/mol. The summed E-state index contributed by atoms with van der Waals surface area (Å²) in [6, 6.07) is 2.19. The van der Waals surface area contributed by atoms with Crippen molar-refractivity contribution in [3.8, 4) is 5.88 Å². The molecule has 1 aromatic carbocycles. The minimum absolute atomic E-state index is 0.0415. The molecular weight excluding hydrogens is 485 g/mol. The van der Waals surface area contributed by atoms with Crippen LogP contribution in [0.4, 0.5) is 14.2 Å². The van der Waals surface area contributed by atoms with Crippen LogP contribution in [-0.2, 0) is 6.61 Å². The van der Waals surface area contributed by atoms with Crippen LogP contribution in [-0.4, -0.2) is 77.6 Å². The lowest BCUT2D eigenvalue weighted by atomic mass is 10.1. The van der Waals surface area contributed by atoms with Gasteiger partial charge in [0, 0.05) is 43.3 Å². The number of piperazine rings is 1. The second kappa shape index (κ2) is 12.3. The molecule has 0 atom stereocenters. The summed E-state index contributed by atoms with van der Waals surface area (Å²) in [6.45, 7) is 7.13. The van der Waals surface area contributed by atoms with Crippen LogP contribution < -0.4 is 15.4 Å². The Morgan fingerprint density at radius 2 is 2.00 bits per heavy atom. The molecule has 2 aromatic rings. The highest BCUT2D eigenvalue weighted by molar-refractivity contribution is 7.11. The zero-order chi connectivity index (χ0) is 24.7. The predicted molar refractivity (Wildman–Crippen MR) is 130 cm³/mol. The SMILES string of the molecule is Cc1cc(F)c(COc2nsc(NC(=O)NCCCCN3CCN(C)CC3)c2C(=O)O)cc1Cl. The number of benzene rings is 1. The summed E-state index contributed by atoms with van der Waals surface area (Å²) in [5.41, 5.74) is 0.470.